The molecule has 2 atom stereocenters. The molecule has 0 radical (unpaired) electrons. The van der Waals surface area contributed by atoms with E-state index in [1.165, 1.54) is 51.4 Å². The molecular formula is C18H36O2Si. The van der Waals surface area contributed by atoms with Crippen molar-refractivity contribution in [3.8, 4) is 0 Å². The van der Waals surface area contributed by atoms with Crippen molar-refractivity contribution in [3.63, 3.8) is 0 Å². The zero-order chi connectivity index (χ0) is 15.3. The topological polar surface area (TPSA) is 18.5 Å². The Morgan fingerprint density at radius 2 is 1.38 bits per heavy atom. The first-order valence-electron chi connectivity index (χ1n) is 9.41. The Morgan fingerprint density at radius 3 is 1.90 bits per heavy atom. The highest BCUT2D eigenvalue weighted by atomic mass is 28.4. The Bertz CT molecular complexity index is 294. The molecule has 0 spiro atoms. The third-order valence-corrected chi connectivity index (χ3v) is 11.0. The maximum Gasteiger partial charge on any atom is 0.344 e. The van der Waals surface area contributed by atoms with Crippen LogP contribution in [-0.2, 0) is 8.85 Å². The second-order valence-corrected chi connectivity index (χ2v) is 11.0. The number of hydrogen-bond donors (Lipinski definition) is 0. The van der Waals surface area contributed by atoms with Crippen molar-refractivity contribution >= 4 is 8.56 Å². The van der Waals surface area contributed by atoms with Gasteiger partial charge in [0.15, 0.2) is 0 Å². The summed E-state index contributed by atoms with van der Waals surface area (Å²) in [7, 11) is -2.09. The van der Waals surface area contributed by atoms with E-state index in [2.05, 4.69) is 27.7 Å². The van der Waals surface area contributed by atoms with Crippen LogP contribution < -0.4 is 0 Å². The highest BCUT2D eigenvalue weighted by Crippen LogP contribution is 2.51. The molecule has 0 aromatic heterocycles. The molecule has 0 aliphatic heterocycles. The van der Waals surface area contributed by atoms with Crippen LogP contribution in [0.4, 0.5) is 0 Å². The van der Waals surface area contributed by atoms with E-state index in [1.807, 2.05) is 0 Å². The summed E-state index contributed by atoms with van der Waals surface area (Å²) < 4.78 is 13.1. The molecular weight excluding hydrogens is 276 g/mol. The largest absolute Gasteiger partial charge is 0.394 e. The van der Waals surface area contributed by atoms with Crippen LogP contribution in [0.1, 0.15) is 79.1 Å². The maximum atomic E-state index is 6.57. The van der Waals surface area contributed by atoms with Crippen molar-refractivity contribution in [1.29, 1.82) is 0 Å². The Labute approximate surface area is 133 Å². The van der Waals surface area contributed by atoms with Gasteiger partial charge in [-0.25, -0.2) is 0 Å². The summed E-state index contributed by atoms with van der Waals surface area (Å²) in [6, 6.07) is 0. The molecule has 3 heteroatoms. The summed E-state index contributed by atoms with van der Waals surface area (Å²) >= 11 is 0. The molecule has 124 valence electrons. The van der Waals surface area contributed by atoms with Gasteiger partial charge in [0.25, 0.3) is 0 Å². The molecule has 2 rings (SSSR count). The van der Waals surface area contributed by atoms with Gasteiger partial charge in [0.1, 0.15) is 0 Å². The quantitative estimate of drug-likeness (QED) is 0.589. The monoisotopic (exact) mass is 312 g/mol. The van der Waals surface area contributed by atoms with Gasteiger partial charge in [0.2, 0.25) is 0 Å². The second kappa shape index (κ2) is 8.12. The second-order valence-electron chi connectivity index (χ2n) is 7.41. The van der Waals surface area contributed by atoms with Crippen molar-refractivity contribution in [2.24, 2.45) is 11.8 Å². The first kappa shape index (κ1) is 17.5. The van der Waals surface area contributed by atoms with Crippen LogP contribution in [0.2, 0.25) is 11.1 Å². The molecule has 0 amide bonds. The van der Waals surface area contributed by atoms with E-state index in [1.54, 1.807) is 0 Å². The highest BCUT2D eigenvalue weighted by Gasteiger charge is 2.54. The molecule has 0 heterocycles. The fourth-order valence-electron chi connectivity index (χ4n) is 4.82. The van der Waals surface area contributed by atoms with Crippen LogP contribution in [0.15, 0.2) is 0 Å². The third-order valence-electron chi connectivity index (χ3n) is 5.95. The molecule has 0 saturated heterocycles. The average Bonchev–Trinajstić information content (AvgIpc) is 2.48. The smallest absolute Gasteiger partial charge is 0.344 e. The van der Waals surface area contributed by atoms with Gasteiger partial charge in [-0.15, -0.1) is 0 Å². The van der Waals surface area contributed by atoms with E-state index in [9.17, 15) is 0 Å². The van der Waals surface area contributed by atoms with Crippen LogP contribution in [0.25, 0.3) is 0 Å². The van der Waals surface area contributed by atoms with E-state index in [-0.39, 0.29) is 0 Å². The predicted molar refractivity (Wildman–Crippen MR) is 91.8 cm³/mol. The maximum absolute atomic E-state index is 6.57. The van der Waals surface area contributed by atoms with Crippen molar-refractivity contribution < 1.29 is 8.85 Å². The van der Waals surface area contributed by atoms with Gasteiger partial charge >= 0.3 is 8.56 Å². The minimum atomic E-state index is -2.09. The lowest BCUT2D eigenvalue weighted by Gasteiger charge is -2.48. The number of rotatable bonds is 6. The minimum Gasteiger partial charge on any atom is -0.394 e. The van der Waals surface area contributed by atoms with E-state index in [0.29, 0.717) is 0 Å². The Morgan fingerprint density at radius 1 is 0.810 bits per heavy atom. The zero-order valence-corrected chi connectivity index (χ0v) is 15.7. The van der Waals surface area contributed by atoms with Crippen LogP contribution in [-0.4, -0.2) is 21.8 Å². The molecule has 21 heavy (non-hydrogen) atoms. The van der Waals surface area contributed by atoms with Crippen LogP contribution >= 0.6 is 0 Å². The van der Waals surface area contributed by atoms with Gasteiger partial charge in [-0.2, -0.15) is 0 Å². The number of hydrogen-bond acceptors (Lipinski definition) is 2. The van der Waals surface area contributed by atoms with Gasteiger partial charge in [0, 0.05) is 24.3 Å². The Hall–Kier alpha value is 0.137. The van der Waals surface area contributed by atoms with E-state index < -0.39 is 8.56 Å². The van der Waals surface area contributed by atoms with Gasteiger partial charge < -0.3 is 8.85 Å². The van der Waals surface area contributed by atoms with Crippen molar-refractivity contribution in [3.05, 3.63) is 0 Å². The Kier molecular flexibility index (Phi) is 6.76. The summed E-state index contributed by atoms with van der Waals surface area (Å²) in [6.07, 6.45) is 11.0. The molecule has 2 aliphatic carbocycles. The van der Waals surface area contributed by atoms with Gasteiger partial charge in [-0.05, 0) is 44.9 Å². The van der Waals surface area contributed by atoms with E-state index in [4.69, 9.17) is 8.85 Å². The normalized spacial score (nSPS) is 34.9. The highest BCUT2D eigenvalue weighted by molar-refractivity contribution is 6.70. The molecule has 2 nitrogen and oxygen atoms in total. The fraction of sp³-hybridized carbons (Fsp3) is 1.00. The summed E-state index contributed by atoms with van der Waals surface area (Å²) in [5, 5.41) is 0. The minimum absolute atomic E-state index is 0.726. The molecule has 0 aromatic rings. The predicted octanol–water partition coefficient (Wildman–Crippen LogP) is 5.66. The van der Waals surface area contributed by atoms with Crippen molar-refractivity contribution in [1.82, 2.24) is 0 Å². The van der Waals surface area contributed by atoms with Crippen molar-refractivity contribution in [2.75, 3.05) is 13.2 Å². The van der Waals surface area contributed by atoms with Crippen LogP contribution in [0, 0.1) is 11.8 Å². The summed E-state index contributed by atoms with van der Waals surface area (Å²) in [5.74, 6) is 1.70. The SMILES string of the molecule is CCO[Si](OCC)(C1CCC(C)CC1)C1CCCCC1C. The van der Waals surface area contributed by atoms with Crippen LogP contribution in [0.5, 0.6) is 0 Å². The standard InChI is InChI=1S/C18H36O2Si/c1-5-19-21(20-6-2,17-13-11-15(3)12-14-17)18-10-8-7-9-16(18)4/h15-18H,5-14H2,1-4H3. The summed E-state index contributed by atoms with van der Waals surface area (Å²) in [4.78, 5) is 0. The average molecular weight is 313 g/mol. The molecule has 2 fully saturated rings. The Balaban J connectivity index is 2.22. The first-order valence-corrected chi connectivity index (χ1v) is 11.4. The molecule has 0 bridgehead atoms. The first-order chi connectivity index (χ1) is 10.1. The van der Waals surface area contributed by atoms with E-state index >= 15 is 0 Å². The lowest BCUT2D eigenvalue weighted by molar-refractivity contribution is 0.133. The molecule has 0 N–H and O–H groups in total. The van der Waals surface area contributed by atoms with Gasteiger partial charge in [-0.1, -0.05) is 46.0 Å². The lowest BCUT2D eigenvalue weighted by Crippen LogP contribution is -2.54. The zero-order valence-electron chi connectivity index (χ0n) is 14.7. The van der Waals surface area contributed by atoms with Gasteiger partial charge in [0.05, 0.1) is 0 Å². The molecule has 0 aromatic carbocycles. The van der Waals surface area contributed by atoms with Gasteiger partial charge in [-0.3, -0.25) is 0 Å². The van der Waals surface area contributed by atoms with E-state index in [0.717, 1.165) is 36.1 Å². The van der Waals surface area contributed by atoms with Crippen molar-refractivity contribution in [2.45, 2.75) is 90.1 Å². The fourth-order valence-corrected chi connectivity index (χ4v) is 10.0. The lowest BCUT2D eigenvalue weighted by atomic mass is 9.89. The molecule has 2 unspecified atom stereocenters. The summed E-state index contributed by atoms with van der Waals surface area (Å²) in [5.41, 5.74) is 1.46. The molecule has 2 aliphatic rings. The third kappa shape index (κ3) is 3.91. The van der Waals surface area contributed by atoms with Crippen LogP contribution in [0.3, 0.4) is 0 Å². The molecule has 2 saturated carbocycles. The summed E-state index contributed by atoms with van der Waals surface area (Å²) in [6.45, 7) is 10.9.